The van der Waals surface area contributed by atoms with Crippen molar-refractivity contribution in [3.05, 3.63) is 88.1 Å². The molecule has 8 atom stereocenters. The molecular weight excluding hydrogens is 999 g/mol. The van der Waals surface area contributed by atoms with Crippen LogP contribution in [0.3, 0.4) is 0 Å². The highest BCUT2D eigenvalue weighted by atomic mass is 32.1. The average Bonchev–Trinajstić information content (AvgIpc) is 4.25. The Morgan fingerprint density at radius 2 is 1.45 bits per heavy atom. The number of nitrogens with one attached hydrogen (secondary N) is 4. The molecule has 3 saturated heterocycles. The number of benzene rings is 2. The summed E-state index contributed by atoms with van der Waals surface area (Å²) in [6, 6.07) is 11.1. The topological polar surface area (TPSA) is 198 Å². The minimum atomic E-state index is -4.44. The number of thiophene rings is 1. The number of H-pyrrole nitrogens is 2. The molecule has 2 unspecified atom stereocenters. The molecule has 22 heteroatoms. The van der Waals surface area contributed by atoms with Crippen molar-refractivity contribution in [2.24, 2.45) is 11.8 Å². The smallest absolute Gasteiger partial charge is 0.407 e. The van der Waals surface area contributed by atoms with Crippen LogP contribution in [0.5, 0.6) is 5.75 Å². The van der Waals surface area contributed by atoms with Crippen LogP contribution in [-0.4, -0.2) is 116 Å². The summed E-state index contributed by atoms with van der Waals surface area (Å²) in [6.45, 7) is 8.49. The number of carbonyl (C=O) groups excluding carboxylic acids is 4. The van der Waals surface area contributed by atoms with Gasteiger partial charge in [0.05, 0.1) is 90.4 Å². The fourth-order valence-corrected chi connectivity index (χ4v) is 12.5. The van der Waals surface area contributed by atoms with Crippen molar-refractivity contribution in [2.75, 3.05) is 27.3 Å². The van der Waals surface area contributed by atoms with E-state index in [9.17, 15) is 32.3 Å². The number of methoxy groups -OCH3 is 2. The molecule has 17 nitrogen and oxygen atoms in total. The van der Waals surface area contributed by atoms with E-state index >= 15 is 4.39 Å². The van der Waals surface area contributed by atoms with Crippen LogP contribution in [0.2, 0.25) is 0 Å². The fraction of sp³-hybridized carbons (Fsp3) is 0.472. The maximum absolute atomic E-state index is 16.9. The van der Waals surface area contributed by atoms with E-state index in [2.05, 4.69) is 25.6 Å². The van der Waals surface area contributed by atoms with Gasteiger partial charge in [-0.1, -0.05) is 19.9 Å². The number of alkyl halides is 3. The van der Waals surface area contributed by atoms with Crippen LogP contribution in [0.15, 0.2) is 60.9 Å². The number of nitrogens with zero attached hydrogens (tertiary/aromatic N) is 5. The molecule has 0 saturated carbocycles. The van der Waals surface area contributed by atoms with Crippen molar-refractivity contribution in [2.45, 2.75) is 121 Å². The maximum Gasteiger partial charge on any atom is 0.407 e. The molecule has 0 bridgehead atoms. The molecule has 4 N–H and O–H groups in total. The standard InChI is InChI=1S/C53H59F4N9O8S/c1-26(2)44(62-51(69)71-5)48(67)64-15-7-9-38(64)47-59-25-36(61-47)30-20-34(54)43-40-21-31-19-29(11-13-37(31)66(40)50(74-41(43)22-30)42-14-12-33(75-42)23-53(55,56)57)35-24-58-46(60-35)39-10-8-16-65(39)49(68)45(63-52(70)72-6)32-17-27(3)73-28(4)18-32/h11-14,19-22,24-28,32,38-39,44-45,50H,7-10,15-18,23H2,1-6H3,(H,58,60)(H,59,61)(H,62,69)(H,63,70)/t27-,28+,32?,38-,39-,44-,45-,50?/m0/s1. The van der Waals surface area contributed by atoms with Gasteiger partial charge in [-0.2, -0.15) is 13.2 Å². The molecule has 75 heavy (non-hydrogen) atoms. The summed E-state index contributed by atoms with van der Waals surface area (Å²) in [6.07, 6.45) is -0.996. The first-order valence-corrected chi connectivity index (χ1v) is 26.1. The van der Waals surface area contributed by atoms with Crippen molar-refractivity contribution in [3.63, 3.8) is 0 Å². The lowest BCUT2D eigenvalue weighted by atomic mass is 9.85. The molecule has 2 aromatic carbocycles. The van der Waals surface area contributed by atoms with Crippen LogP contribution >= 0.6 is 11.3 Å². The first-order chi connectivity index (χ1) is 35.9. The summed E-state index contributed by atoms with van der Waals surface area (Å²) in [5.41, 5.74) is 3.48. The zero-order valence-corrected chi connectivity index (χ0v) is 43.1. The Morgan fingerprint density at radius 3 is 2.08 bits per heavy atom. The quantitative estimate of drug-likeness (QED) is 0.0856. The monoisotopic (exact) mass is 1060 g/mol. The molecular formula is C53H59F4N9O8S. The van der Waals surface area contributed by atoms with Gasteiger partial charge < -0.3 is 49.3 Å². The van der Waals surface area contributed by atoms with Gasteiger partial charge in [-0.05, 0) is 107 Å². The molecule has 3 fully saturated rings. The van der Waals surface area contributed by atoms with Gasteiger partial charge in [-0.3, -0.25) is 14.2 Å². The molecule has 4 amide bonds. The second-order valence-corrected chi connectivity index (χ2v) is 21.5. The summed E-state index contributed by atoms with van der Waals surface area (Å²) < 4.78 is 82.1. The largest absolute Gasteiger partial charge is 0.464 e. The van der Waals surface area contributed by atoms with Gasteiger partial charge in [0, 0.05) is 34.5 Å². The predicted molar refractivity (Wildman–Crippen MR) is 269 cm³/mol. The number of aromatic nitrogens is 5. The van der Waals surface area contributed by atoms with Crippen molar-refractivity contribution < 1.29 is 55.7 Å². The van der Waals surface area contributed by atoms with E-state index in [0.717, 1.165) is 23.3 Å². The van der Waals surface area contributed by atoms with Gasteiger partial charge in [0.2, 0.25) is 18.0 Å². The fourth-order valence-electron chi connectivity index (χ4n) is 11.4. The normalized spacial score (nSPS) is 22.4. The Bertz CT molecular complexity index is 3120. The second-order valence-electron chi connectivity index (χ2n) is 20.3. The number of ether oxygens (including phenoxy) is 4. The van der Waals surface area contributed by atoms with E-state index < -0.39 is 61.0 Å². The highest BCUT2D eigenvalue weighted by molar-refractivity contribution is 7.12. The van der Waals surface area contributed by atoms with Gasteiger partial charge in [0.25, 0.3) is 0 Å². The van der Waals surface area contributed by atoms with Gasteiger partial charge in [0.1, 0.15) is 35.3 Å². The highest BCUT2D eigenvalue weighted by Gasteiger charge is 2.43. The summed E-state index contributed by atoms with van der Waals surface area (Å²) in [7, 11) is 2.50. The lowest BCUT2D eigenvalue weighted by molar-refractivity contribution is -0.138. The number of carbonyl (C=O) groups is 4. The van der Waals surface area contributed by atoms with Gasteiger partial charge in [-0.25, -0.2) is 23.9 Å². The van der Waals surface area contributed by atoms with Gasteiger partial charge in [-0.15, -0.1) is 11.3 Å². The number of rotatable bonds is 12. The van der Waals surface area contributed by atoms with E-state index in [1.54, 1.807) is 38.9 Å². The Kier molecular flexibility index (Phi) is 14.2. The van der Waals surface area contributed by atoms with E-state index in [1.807, 2.05) is 52.0 Å². The second kappa shape index (κ2) is 20.6. The third-order valence-corrected chi connectivity index (χ3v) is 15.9. The number of hydrogen-bond donors (Lipinski definition) is 4. The van der Waals surface area contributed by atoms with E-state index in [4.69, 9.17) is 23.9 Å². The van der Waals surface area contributed by atoms with Crippen LogP contribution in [-0.2, 0) is 30.2 Å². The minimum Gasteiger partial charge on any atom is -0.464 e. The summed E-state index contributed by atoms with van der Waals surface area (Å²) in [4.78, 5) is 73.1. The number of fused-ring (bicyclic) bond motifs is 5. The lowest BCUT2D eigenvalue weighted by Gasteiger charge is -2.38. The molecule has 6 aromatic rings. The third-order valence-electron chi connectivity index (χ3n) is 14.8. The zero-order chi connectivity index (χ0) is 53.0. The summed E-state index contributed by atoms with van der Waals surface area (Å²) >= 11 is 0.968. The average molecular weight is 1060 g/mol. The summed E-state index contributed by atoms with van der Waals surface area (Å²) in [5.74, 6) is -0.282. The Hall–Kier alpha value is -6.94. The van der Waals surface area contributed by atoms with Crippen LogP contribution in [0.25, 0.3) is 44.7 Å². The molecule has 398 valence electrons. The Labute approximate surface area is 433 Å². The highest BCUT2D eigenvalue weighted by Crippen LogP contribution is 2.49. The first-order valence-electron chi connectivity index (χ1n) is 25.2. The van der Waals surface area contributed by atoms with E-state index in [1.165, 1.54) is 26.4 Å². The number of hydrogen-bond acceptors (Lipinski definition) is 11. The SMILES string of the molecule is COC(=O)N[C@H](C(=O)N1CCC[C@H]1c1ncc(-c2cc(F)c3c(c2)OC(c2ccc(CC(F)(F)F)s2)n2c-3cc3cc(-c4cnc([C@@H]5CCCN5C(=O)[C@@H](NC(=O)OC)C5C[C@@H](C)O[C@@H](C)C5)[nH]4)ccc32)[nH]1)C(C)C. The molecule has 0 spiro atoms. The van der Waals surface area contributed by atoms with Crippen molar-refractivity contribution in [3.8, 4) is 39.5 Å². The van der Waals surface area contributed by atoms with Crippen molar-refractivity contribution in [1.29, 1.82) is 0 Å². The number of imidazole rings is 2. The lowest BCUT2D eigenvalue weighted by Crippen LogP contribution is -2.54. The van der Waals surface area contributed by atoms with Crippen LogP contribution in [0, 0.1) is 17.7 Å². The zero-order valence-electron chi connectivity index (χ0n) is 42.3. The number of aromatic amines is 2. The maximum atomic E-state index is 16.9. The molecule has 4 aliphatic heterocycles. The number of amides is 4. The first kappa shape index (κ1) is 51.5. The minimum absolute atomic E-state index is 0.0901. The number of halogens is 4. The Morgan fingerprint density at radius 1 is 0.827 bits per heavy atom. The predicted octanol–water partition coefficient (Wildman–Crippen LogP) is 9.97. The molecule has 0 aliphatic carbocycles. The molecule has 4 aliphatic rings. The van der Waals surface area contributed by atoms with Gasteiger partial charge >= 0.3 is 18.4 Å². The third kappa shape index (κ3) is 10.3. The Balaban J connectivity index is 0.961. The number of likely N-dealkylation sites (tertiary alicyclic amines) is 2. The van der Waals surface area contributed by atoms with Crippen molar-refractivity contribution in [1.82, 2.24) is 44.9 Å². The van der Waals surface area contributed by atoms with Crippen LogP contribution in [0.1, 0.15) is 106 Å². The molecule has 10 rings (SSSR count). The molecule has 8 heterocycles. The summed E-state index contributed by atoms with van der Waals surface area (Å²) in [5, 5.41) is 6.16. The molecule has 4 aromatic heterocycles. The van der Waals surface area contributed by atoms with Gasteiger partial charge in [0.15, 0.2) is 0 Å². The van der Waals surface area contributed by atoms with E-state index in [0.29, 0.717) is 95.3 Å². The van der Waals surface area contributed by atoms with E-state index in [-0.39, 0.29) is 52.0 Å². The van der Waals surface area contributed by atoms with Crippen molar-refractivity contribution >= 4 is 46.2 Å². The van der Waals surface area contributed by atoms with Crippen LogP contribution in [0.4, 0.5) is 27.2 Å². The number of alkyl carbamates (subject to hydrolysis) is 2. The molecule has 0 radical (unpaired) electrons. The van der Waals surface area contributed by atoms with Crippen LogP contribution < -0.4 is 15.4 Å².